The van der Waals surface area contributed by atoms with Crippen molar-refractivity contribution in [3.8, 4) is 0 Å². The van der Waals surface area contributed by atoms with E-state index in [2.05, 4.69) is 10.0 Å². The van der Waals surface area contributed by atoms with Crippen LogP contribution in [0.2, 0.25) is 0 Å². The van der Waals surface area contributed by atoms with Crippen LogP contribution in [0.25, 0.3) is 0 Å². The van der Waals surface area contributed by atoms with Crippen molar-refractivity contribution < 1.29 is 22.9 Å². The normalized spacial score (nSPS) is 16.3. The first-order chi connectivity index (χ1) is 15.7. The zero-order valence-corrected chi connectivity index (χ0v) is 19.0. The molecule has 0 bridgehead atoms. The molecule has 3 rings (SSSR count). The Hall–Kier alpha value is -3.31. The highest BCUT2D eigenvalue weighted by Gasteiger charge is 2.28. The molecule has 176 valence electrons. The molecule has 1 heterocycles. The summed E-state index contributed by atoms with van der Waals surface area (Å²) in [7, 11) is -3.95. The average molecular weight is 475 g/mol. The van der Waals surface area contributed by atoms with Gasteiger partial charge in [-0.25, -0.2) is 13.1 Å². The van der Waals surface area contributed by atoms with E-state index in [9.17, 15) is 28.1 Å². The van der Waals surface area contributed by atoms with Crippen LogP contribution in [-0.4, -0.2) is 56.2 Å². The summed E-state index contributed by atoms with van der Waals surface area (Å²) in [5.74, 6) is -0.732. The lowest BCUT2D eigenvalue weighted by atomic mass is 9.96. The Morgan fingerprint density at radius 1 is 1.15 bits per heavy atom. The number of nitro groups is 1. The van der Waals surface area contributed by atoms with Crippen LogP contribution in [0.5, 0.6) is 0 Å². The molecular formula is C22H26N4O6S. The number of likely N-dealkylation sites (tertiary alicyclic amines) is 1. The standard InChI is InChI=1S/C22H26N4O6S/c1-16-7-9-17(10-8-16)22(28)25-13-3-4-18(15-25)21(27)23-11-12-24-33(31,32)20-6-2-5-19(14-20)26(29)30/h2,5-10,14,18,24H,3-4,11-13,15H2,1H3,(H,23,27). The first-order valence-corrected chi connectivity index (χ1v) is 12.0. The summed E-state index contributed by atoms with van der Waals surface area (Å²) in [5.41, 5.74) is 1.31. The van der Waals surface area contributed by atoms with Gasteiger partial charge in [-0.3, -0.25) is 19.7 Å². The number of amides is 2. The van der Waals surface area contributed by atoms with Gasteiger partial charge in [0.05, 0.1) is 15.7 Å². The second kappa shape index (κ2) is 10.5. The van der Waals surface area contributed by atoms with Crippen molar-refractivity contribution in [1.82, 2.24) is 14.9 Å². The Labute approximate surface area is 192 Å². The molecule has 0 aliphatic carbocycles. The number of nitrogens with zero attached hydrogens (tertiary/aromatic N) is 2. The molecule has 2 N–H and O–H groups in total. The van der Waals surface area contributed by atoms with E-state index in [0.717, 1.165) is 11.6 Å². The van der Waals surface area contributed by atoms with Crippen LogP contribution >= 0.6 is 0 Å². The van der Waals surface area contributed by atoms with Crippen molar-refractivity contribution in [2.45, 2.75) is 24.7 Å². The summed E-state index contributed by atoms with van der Waals surface area (Å²) in [6, 6.07) is 12.0. The number of nitrogens with one attached hydrogen (secondary N) is 2. The van der Waals surface area contributed by atoms with E-state index < -0.39 is 14.9 Å². The molecule has 1 fully saturated rings. The monoisotopic (exact) mass is 474 g/mol. The highest BCUT2D eigenvalue weighted by atomic mass is 32.2. The molecular weight excluding hydrogens is 448 g/mol. The number of carbonyl (C=O) groups is 2. The van der Waals surface area contributed by atoms with E-state index in [1.807, 2.05) is 19.1 Å². The van der Waals surface area contributed by atoms with Gasteiger partial charge in [0.1, 0.15) is 0 Å². The average Bonchev–Trinajstić information content (AvgIpc) is 2.82. The van der Waals surface area contributed by atoms with Crippen molar-refractivity contribution in [1.29, 1.82) is 0 Å². The fourth-order valence-electron chi connectivity index (χ4n) is 3.62. The number of rotatable bonds is 8. The molecule has 33 heavy (non-hydrogen) atoms. The Balaban J connectivity index is 1.49. The van der Waals surface area contributed by atoms with Crippen molar-refractivity contribution >= 4 is 27.5 Å². The van der Waals surface area contributed by atoms with Gasteiger partial charge in [-0.1, -0.05) is 23.8 Å². The molecule has 2 aromatic rings. The van der Waals surface area contributed by atoms with Gasteiger partial charge in [0.2, 0.25) is 15.9 Å². The predicted molar refractivity (Wildman–Crippen MR) is 121 cm³/mol. The number of piperidine rings is 1. The van der Waals surface area contributed by atoms with Crippen LogP contribution in [0.3, 0.4) is 0 Å². The lowest BCUT2D eigenvalue weighted by Gasteiger charge is -2.32. The van der Waals surface area contributed by atoms with Gasteiger partial charge in [-0.05, 0) is 38.0 Å². The van der Waals surface area contributed by atoms with Gasteiger partial charge in [0.15, 0.2) is 0 Å². The number of non-ortho nitro benzene ring substituents is 1. The van der Waals surface area contributed by atoms with Gasteiger partial charge >= 0.3 is 0 Å². The summed E-state index contributed by atoms with van der Waals surface area (Å²) in [6.07, 6.45) is 1.35. The first-order valence-electron chi connectivity index (χ1n) is 10.5. The number of benzene rings is 2. The second-order valence-electron chi connectivity index (χ2n) is 7.90. The molecule has 10 nitrogen and oxygen atoms in total. The number of sulfonamides is 1. The van der Waals surface area contributed by atoms with E-state index in [-0.39, 0.29) is 41.4 Å². The molecule has 1 aliphatic rings. The number of hydrogen-bond donors (Lipinski definition) is 2. The van der Waals surface area contributed by atoms with E-state index in [0.29, 0.717) is 31.5 Å². The summed E-state index contributed by atoms with van der Waals surface area (Å²) in [5, 5.41) is 13.5. The van der Waals surface area contributed by atoms with Crippen molar-refractivity contribution in [3.63, 3.8) is 0 Å². The molecule has 0 saturated carbocycles. The molecule has 2 aromatic carbocycles. The van der Waals surface area contributed by atoms with E-state index in [1.54, 1.807) is 17.0 Å². The minimum Gasteiger partial charge on any atom is -0.354 e. The number of aryl methyl sites for hydroxylation is 1. The number of carbonyl (C=O) groups excluding carboxylic acids is 2. The predicted octanol–water partition coefficient (Wildman–Crippen LogP) is 1.85. The Bertz CT molecular complexity index is 1130. The van der Waals surface area contributed by atoms with Gasteiger partial charge in [-0.15, -0.1) is 0 Å². The molecule has 0 radical (unpaired) electrons. The van der Waals surface area contributed by atoms with E-state index in [4.69, 9.17) is 0 Å². The fourth-order valence-corrected chi connectivity index (χ4v) is 4.69. The van der Waals surface area contributed by atoms with Gasteiger partial charge in [-0.2, -0.15) is 0 Å². The maximum Gasteiger partial charge on any atom is 0.270 e. The summed E-state index contributed by atoms with van der Waals surface area (Å²) in [6.45, 7) is 2.81. The SMILES string of the molecule is Cc1ccc(C(=O)N2CCCC(C(=O)NCCNS(=O)(=O)c3cccc([N+](=O)[O-])c3)C2)cc1. The van der Waals surface area contributed by atoms with Crippen molar-refractivity contribution in [2.75, 3.05) is 26.2 Å². The van der Waals surface area contributed by atoms with Crippen LogP contribution in [0.1, 0.15) is 28.8 Å². The first kappa shape index (κ1) is 24.3. The van der Waals surface area contributed by atoms with Gasteiger partial charge in [0.25, 0.3) is 11.6 Å². The van der Waals surface area contributed by atoms with Crippen LogP contribution < -0.4 is 10.0 Å². The summed E-state index contributed by atoms with van der Waals surface area (Å²) < 4.78 is 27.0. The van der Waals surface area contributed by atoms with Gasteiger partial charge in [0, 0.05) is 43.9 Å². The number of nitro benzene ring substituents is 1. The molecule has 1 atom stereocenters. The lowest BCUT2D eigenvalue weighted by Crippen LogP contribution is -2.46. The topological polar surface area (TPSA) is 139 Å². The largest absolute Gasteiger partial charge is 0.354 e. The van der Waals surface area contributed by atoms with Crippen LogP contribution in [0, 0.1) is 23.0 Å². The van der Waals surface area contributed by atoms with E-state index >= 15 is 0 Å². The molecule has 1 saturated heterocycles. The summed E-state index contributed by atoms with van der Waals surface area (Å²) in [4.78, 5) is 36.9. The van der Waals surface area contributed by atoms with Gasteiger partial charge < -0.3 is 10.2 Å². The Morgan fingerprint density at radius 3 is 2.58 bits per heavy atom. The lowest BCUT2D eigenvalue weighted by molar-refractivity contribution is -0.385. The van der Waals surface area contributed by atoms with Crippen molar-refractivity contribution in [3.05, 3.63) is 69.8 Å². The third kappa shape index (κ3) is 6.36. The molecule has 11 heteroatoms. The zero-order valence-electron chi connectivity index (χ0n) is 18.2. The highest BCUT2D eigenvalue weighted by Crippen LogP contribution is 2.19. The minimum absolute atomic E-state index is 0.0510. The molecule has 1 aliphatic heterocycles. The smallest absolute Gasteiger partial charge is 0.270 e. The molecule has 2 amide bonds. The second-order valence-corrected chi connectivity index (χ2v) is 9.67. The van der Waals surface area contributed by atoms with E-state index in [1.165, 1.54) is 18.2 Å². The zero-order chi connectivity index (χ0) is 24.0. The van der Waals surface area contributed by atoms with Crippen LogP contribution in [-0.2, 0) is 14.8 Å². The van der Waals surface area contributed by atoms with Crippen molar-refractivity contribution in [2.24, 2.45) is 5.92 Å². The third-order valence-corrected chi connectivity index (χ3v) is 6.89. The maximum atomic E-state index is 12.7. The third-order valence-electron chi connectivity index (χ3n) is 5.43. The van der Waals surface area contributed by atoms with Crippen LogP contribution in [0.15, 0.2) is 53.4 Å². The minimum atomic E-state index is -3.95. The Morgan fingerprint density at radius 2 is 1.88 bits per heavy atom. The summed E-state index contributed by atoms with van der Waals surface area (Å²) >= 11 is 0. The quantitative estimate of drug-likeness (QED) is 0.340. The molecule has 0 aromatic heterocycles. The molecule has 1 unspecified atom stereocenters. The fraction of sp³-hybridized carbons (Fsp3) is 0.364. The van der Waals surface area contributed by atoms with Crippen LogP contribution in [0.4, 0.5) is 5.69 Å². The highest BCUT2D eigenvalue weighted by molar-refractivity contribution is 7.89. The molecule has 0 spiro atoms. The number of hydrogen-bond acceptors (Lipinski definition) is 6. The Kier molecular flexibility index (Phi) is 7.77. The maximum absolute atomic E-state index is 12.7.